The van der Waals surface area contributed by atoms with Crippen LogP contribution in [0, 0.1) is 12.7 Å². The number of rotatable bonds is 5. The van der Waals surface area contributed by atoms with Crippen molar-refractivity contribution in [1.82, 2.24) is 4.90 Å². The molecule has 1 N–H and O–H groups in total. The second kappa shape index (κ2) is 7.35. The second-order valence-corrected chi connectivity index (χ2v) is 5.45. The molecule has 1 heterocycles. The van der Waals surface area contributed by atoms with Gasteiger partial charge in [0.1, 0.15) is 5.82 Å². The van der Waals surface area contributed by atoms with Crippen LogP contribution in [0.15, 0.2) is 18.2 Å². The Balaban J connectivity index is 2.19. The van der Waals surface area contributed by atoms with Gasteiger partial charge >= 0.3 is 5.97 Å². The molecule has 1 saturated heterocycles. The highest BCUT2D eigenvalue weighted by molar-refractivity contribution is 5.94. The molecule has 1 fully saturated rings. The molecule has 0 saturated carbocycles. The normalized spacial score (nSPS) is 15.5. The Hall–Kier alpha value is -1.95. The van der Waals surface area contributed by atoms with Crippen LogP contribution in [0.4, 0.5) is 4.39 Å². The van der Waals surface area contributed by atoms with E-state index in [2.05, 4.69) is 0 Å². The smallest absolute Gasteiger partial charge is 0.305 e. The van der Waals surface area contributed by atoms with Crippen LogP contribution in [0.1, 0.15) is 35.2 Å². The lowest BCUT2D eigenvalue weighted by Gasteiger charge is -2.34. The number of halogens is 1. The first-order valence-electron chi connectivity index (χ1n) is 7.35. The van der Waals surface area contributed by atoms with Gasteiger partial charge in [-0.3, -0.25) is 9.59 Å². The molecule has 5 nitrogen and oxygen atoms in total. The zero-order valence-corrected chi connectivity index (χ0v) is 12.5. The fraction of sp³-hybridized carbons (Fsp3) is 0.500. The van der Waals surface area contributed by atoms with Gasteiger partial charge in [0.2, 0.25) is 0 Å². The minimum atomic E-state index is -0.944. The molecule has 0 unspecified atom stereocenters. The van der Waals surface area contributed by atoms with Gasteiger partial charge < -0.3 is 14.7 Å². The van der Waals surface area contributed by atoms with Crippen LogP contribution in [0.2, 0.25) is 0 Å². The topological polar surface area (TPSA) is 66.8 Å². The van der Waals surface area contributed by atoms with Crippen LogP contribution in [0.25, 0.3) is 0 Å². The fourth-order valence-electron chi connectivity index (χ4n) is 2.61. The van der Waals surface area contributed by atoms with E-state index in [0.29, 0.717) is 37.2 Å². The van der Waals surface area contributed by atoms with E-state index in [4.69, 9.17) is 9.84 Å². The molecule has 1 aliphatic rings. The predicted molar refractivity (Wildman–Crippen MR) is 78.3 cm³/mol. The molecule has 0 radical (unpaired) electrons. The maximum atomic E-state index is 13.4. The molecule has 0 spiro atoms. The average molecular weight is 309 g/mol. The number of carbonyl (C=O) groups excluding carboxylic acids is 1. The van der Waals surface area contributed by atoms with Gasteiger partial charge in [-0.25, -0.2) is 4.39 Å². The molecule has 1 aromatic rings. The molecule has 0 atom stereocenters. The second-order valence-electron chi connectivity index (χ2n) is 5.45. The van der Waals surface area contributed by atoms with Crippen LogP contribution in [0.5, 0.6) is 0 Å². The number of carboxylic acids is 1. The van der Waals surface area contributed by atoms with Crippen molar-refractivity contribution in [2.75, 3.05) is 19.8 Å². The number of carboxylic acid groups (broad SMARTS) is 1. The summed E-state index contributed by atoms with van der Waals surface area (Å²) >= 11 is 0. The number of carbonyl (C=O) groups is 2. The first-order chi connectivity index (χ1) is 10.5. The van der Waals surface area contributed by atoms with E-state index in [0.717, 1.165) is 0 Å². The van der Waals surface area contributed by atoms with Crippen molar-refractivity contribution in [2.45, 2.75) is 32.2 Å². The van der Waals surface area contributed by atoms with E-state index in [1.165, 1.54) is 18.2 Å². The third-order valence-electron chi connectivity index (χ3n) is 3.86. The van der Waals surface area contributed by atoms with Crippen molar-refractivity contribution < 1.29 is 23.8 Å². The first-order valence-corrected chi connectivity index (χ1v) is 7.35. The molecular weight excluding hydrogens is 289 g/mol. The highest BCUT2D eigenvalue weighted by Gasteiger charge is 2.27. The Kier molecular flexibility index (Phi) is 5.49. The number of amides is 1. The summed E-state index contributed by atoms with van der Waals surface area (Å²) in [7, 11) is 0. The summed E-state index contributed by atoms with van der Waals surface area (Å²) in [5, 5.41) is 8.88. The minimum absolute atomic E-state index is 0.0361. The van der Waals surface area contributed by atoms with E-state index >= 15 is 0 Å². The number of hydrogen-bond acceptors (Lipinski definition) is 3. The molecule has 2 rings (SSSR count). The van der Waals surface area contributed by atoms with Crippen LogP contribution in [0.3, 0.4) is 0 Å². The Labute approximate surface area is 128 Å². The average Bonchev–Trinajstić information content (AvgIpc) is 2.51. The van der Waals surface area contributed by atoms with Crippen LogP contribution in [-0.2, 0) is 9.53 Å². The monoisotopic (exact) mass is 309 g/mol. The molecule has 6 heteroatoms. The number of ether oxygens (including phenoxy) is 1. The van der Waals surface area contributed by atoms with Crippen molar-refractivity contribution in [3.63, 3.8) is 0 Å². The maximum absolute atomic E-state index is 13.4. The first kappa shape index (κ1) is 16.4. The molecule has 120 valence electrons. The molecule has 1 aromatic carbocycles. The lowest BCUT2D eigenvalue weighted by Crippen LogP contribution is -2.44. The fourth-order valence-corrected chi connectivity index (χ4v) is 2.61. The minimum Gasteiger partial charge on any atom is -0.481 e. The van der Waals surface area contributed by atoms with E-state index < -0.39 is 5.97 Å². The highest BCUT2D eigenvalue weighted by Crippen LogP contribution is 2.19. The Morgan fingerprint density at radius 3 is 2.64 bits per heavy atom. The quantitative estimate of drug-likeness (QED) is 0.906. The lowest BCUT2D eigenvalue weighted by molar-refractivity contribution is -0.137. The molecule has 22 heavy (non-hydrogen) atoms. The molecule has 0 aromatic heterocycles. The standard InChI is InChI=1S/C16H20FNO4/c1-11-10-12(2-3-14(11)17)16(21)18(7-4-15(19)20)13-5-8-22-9-6-13/h2-3,10,13H,4-9H2,1H3,(H,19,20). The van der Waals surface area contributed by atoms with Gasteiger partial charge in [0.05, 0.1) is 6.42 Å². The summed E-state index contributed by atoms with van der Waals surface area (Å²) in [6.07, 6.45) is 1.26. The number of benzene rings is 1. The molecular formula is C16H20FNO4. The van der Waals surface area contributed by atoms with Crippen molar-refractivity contribution in [3.8, 4) is 0 Å². The zero-order valence-electron chi connectivity index (χ0n) is 12.5. The Bertz CT molecular complexity index is 555. The molecule has 1 amide bonds. The Morgan fingerprint density at radius 2 is 2.05 bits per heavy atom. The third kappa shape index (κ3) is 4.04. The number of aryl methyl sites for hydroxylation is 1. The molecule has 1 aliphatic heterocycles. The van der Waals surface area contributed by atoms with Gasteiger partial charge in [0.15, 0.2) is 0 Å². The lowest BCUT2D eigenvalue weighted by atomic mass is 10.0. The van der Waals surface area contributed by atoms with Gasteiger partial charge in [0.25, 0.3) is 5.91 Å². The van der Waals surface area contributed by atoms with Crippen molar-refractivity contribution in [1.29, 1.82) is 0 Å². The number of hydrogen-bond donors (Lipinski definition) is 1. The van der Waals surface area contributed by atoms with E-state index in [9.17, 15) is 14.0 Å². The van der Waals surface area contributed by atoms with Gasteiger partial charge in [-0.15, -0.1) is 0 Å². The van der Waals surface area contributed by atoms with Crippen LogP contribution in [-0.4, -0.2) is 47.7 Å². The summed E-state index contributed by atoms with van der Waals surface area (Å²) in [4.78, 5) is 25.1. The maximum Gasteiger partial charge on any atom is 0.305 e. The van der Waals surface area contributed by atoms with Crippen molar-refractivity contribution in [2.24, 2.45) is 0 Å². The number of aliphatic carboxylic acids is 1. The number of nitrogens with zero attached hydrogens (tertiary/aromatic N) is 1. The van der Waals surface area contributed by atoms with Gasteiger partial charge in [-0.05, 0) is 43.5 Å². The van der Waals surface area contributed by atoms with Crippen LogP contribution >= 0.6 is 0 Å². The summed E-state index contributed by atoms with van der Waals surface area (Å²) in [6, 6.07) is 4.18. The largest absolute Gasteiger partial charge is 0.481 e. The summed E-state index contributed by atoms with van der Waals surface area (Å²) in [5.41, 5.74) is 0.784. The zero-order chi connectivity index (χ0) is 16.1. The summed E-state index contributed by atoms with van der Waals surface area (Å²) < 4.78 is 18.6. The van der Waals surface area contributed by atoms with Crippen molar-refractivity contribution in [3.05, 3.63) is 35.1 Å². The van der Waals surface area contributed by atoms with E-state index in [1.54, 1.807) is 11.8 Å². The molecule has 0 aliphatic carbocycles. The predicted octanol–water partition coefficient (Wildman–Crippen LogP) is 2.23. The SMILES string of the molecule is Cc1cc(C(=O)N(CCC(=O)O)C2CCOCC2)ccc1F. The van der Waals surface area contributed by atoms with Gasteiger partial charge in [0, 0.05) is 31.4 Å². The van der Waals surface area contributed by atoms with E-state index in [1.807, 2.05) is 0 Å². The highest BCUT2D eigenvalue weighted by atomic mass is 19.1. The third-order valence-corrected chi connectivity index (χ3v) is 3.86. The van der Waals surface area contributed by atoms with E-state index in [-0.39, 0.29) is 30.7 Å². The van der Waals surface area contributed by atoms with Crippen LogP contribution < -0.4 is 0 Å². The van der Waals surface area contributed by atoms with Crippen molar-refractivity contribution >= 4 is 11.9 Å². The Morgan fingerprint density at radius 1 is 1.36 bits per heavy atom. The van der Waals surface area contributed by atoms with Gasteiger partial charge in [-0.1, -0.05) is 0 Å². The summed E-state index contributed by atoms with van der Waals surface area (Å²) in [6.45, 7) is 2.87. The summed E-state index contributed by atoms with van der Waals surface area (Å²) in [5.74, 6) is -1.56. The van der Waals surface area contributed by atoms with Gasteiger partial charge in [-0.2, -0.15) is 0 Å². The molecule has 0 bridgehead atoms.